The van der Waals surface area contributed by atoms with Crippen LogP contribution < -0.4 is 15.2 Å². The van der Waals surface area contributed by atoms with Crippen LogP contribution in [0.4, 0.5) is 11.4 Å². The van der Waals surface area contributed by atoms with Crippen LogP contribution in [0, 0.1) is 0 Å². The molecule has 0 amide bonds. The Kier molecular flexibility index (Phi) is 4.71. The highest BCUT2D eigenvalue weighted by atomic mass is 16.1. The van der Waals surface area contributed by atoms with Crippen LogP contribution >= 0.6 is 0 Å². The van der Waals surface area contributed by atoms with Gasteiger partial charge in [0.1, 0.15) is 0 Å². The molecule has 3 aromatic rings. The number of rotatable bonds is 5. The quantitative estimate of drug-likeness (QED) is 0.657. The smallest absolute Gasteiger partial charge is 0.197 e. The van der Waals surface area contributed by atoms with Gasteiger partial charge in [-0.15, -0.1) is 0 Å². The summed E-state index contributed by atoms with van der Waals surface area (Å²) in [7, 11) is 8.01. The van der Waals surface area contributed by atoms with Gasteiger partial charge in [0.15, 0.2) is 5.43 Å². The van der Waals surface area contributed by atoms with E-state index in [0.29, 0.717) is 0 Å². The highest BCUT2D eigenvalue weighted by molar-refractivity contribution is 5.96. The Balaban J connectivity index is 2.40. The summed E-state index contributed by atoms with van der Waals surface area (Å²) >= 11 is 0. The van der Waals surface area contributed by atoms with E-state index in [-0.39, 0.29) is 5.43 Å². The lowest BCUT2D eigenvalue weighted by molar-refractivity contribution is 0.662. The Morgan fingerprint density at radius 1 is 0.840 bits per heavy atom. The van der Waals surface area contributed by atoms with Crippen molar-refractivity contribution >= 4 is 33.2 Å². The van der Waals surface area contributed by atoms with Crippen LogP contribution in [0.1, 0.15) is 19.8 Å². The summed E-state index contributed by atoms with van der Waals surface area (Å²) in [5.74, 6) is 0. The first-order chi connectivity index (χ1) is 11.9. The predicted molar refractivity (Wildman–Crippen MR) is 109 cm³/mol. The number of unbranched alkanes of at least 4 members (excludes halogenated alkanes) is 1. The lowest BCUT2D eigenvalue weighted by Gasteiger charge is -2.19. The van der Waals surface area contributed by atoms with Gasteiger partial charge in [0.25, 0.3) is 0 Å². The first kappa shape index (κ1) is 17.3. The lowest BCUT2D eigenvalue weighted by atomic mass is 10.1. The summed E-state index contributed by atoms with van der Waals surface area (Å²) < 4.78 is 2.30. The molecule has 3 rings (SSSR count). The molecule has 4 heteroatoms. The molecule has 0 atom stereocenters. The molecule has 0 N–H and O–H groups in total. The second-order valence-corrected chi connectivity index (χ2v) is 7.03. The first-order valence-electron chi connectivity index (χ1n) is 8.89. The number of aromatic nitrogens is 1. The fraction of sp³-hybridized carbons (Fsp3) is 0.381. The van der Waals surface area contributed by atoms with Crippen LogP contribution in [0.2, 0.25) is 0 Å². The third-order valence-electron chi connectivity index (χ3n) is 4.80. The molecule has 25 heavy (non-hydrogen) atoms. The third-order valence-corrected chi connectivity index (χ3v) is 4.80. The molecule has 0 aliphatic heterocycles. The molecule has 2 aromatic carbocycles. The van der Waals surface area contributed by atoms with Crippen molar-refractivity contribution < 1.29 is 0 Å². The van der Waals surface area contributed by atoms with Gasteiger partial charge in [0.05, 0.1) is 11.0 Å². The van der Waals surface area contributed by atoms with E-state index >= 15 is 0 Å². The summed E-state index contributed by atoms with van der Waals surface area (Å²) in [6.45, 7) is 3.12. The molecule has 132 valence electrons. The second kappa shape index (κ2) is 6.79. The summed E-state index contributed by atoms with van der Waals surface area (Å²) in [5, 5.41) is 1.59. The van der Waals surface area contributed by atoms with Crippen molar-refractivity contribution in [3.8, 4) is 0 Å². The third kappa shape index (κ3) is 3.09. The van der Waals surface area contributed by atoms with Crippen molar-refractivity contribution in [3.63, 3.8) is 0 Å². The molecule has 0 saturated carbocycles. The zero-order chi connectivity index (χ0) is 18.1. The van der Waals surface area contributed by atoms with Crippen LogP contribution in [-0.2, 0) is 6.54 Å². The molecular formula is C21H27N3O. The van der Waals surface area contributed by atoms with Gasteiger partial charge in [-0.05, 0) is 42.8 Å². The largest absolute Gasteiger partial charge is 0.378 e. The van der Waals surface area contributed by atoms with Gasteiger partial charge in [-0.1, -0.05) is 13.3 Å². The number of anilines is 2. The van der Waals surface area contributed by atoms with Crippen LogP contribution in [-0.4, -0.2) is 32.8 Å². The number of hydrogen-bond acceptors (Lipinski definition) is 3. The Bertz CT molecular complexity index is 898. The van der Waals surface area contributed by atoms with E-state index in [4.69, 9.17) is 0 Å². The van der Waals surface area contributed by atoms with Gasteiger partial charge in [0, 0.05) is 56.9 Å². The van der Waals surface area contributed by atoms with E-state index < -0.39 is 0 Å². The Hall–Kier alpha value is -2.49. The van der Waals surface area contributed by atoms with E-state index in [2.05, 4.69) is 35.8 Å². The lowest BCUT2D eigenvalue weighted by Crippen LogP contribution is -2.15. The van der Waals surface area contributed by atoms with Crippen LogP contribution in [0.3, 0.4) is 0 Å². The maximum atomic E-state index is 13.2. The molecule has 0 spiro atoms. The molecule has 0 bridgehead atoms. The Labute approximate surface area is 149 Å². The van der Waals surface area contributed by atoms with Gasteiger partial charge < -0.3 is 14.4 Å². The molecular weight excluding hydrogens is 310 g/mol. The normalized spacial score (nSPS) is 11.2. The number of aryl methyl sites for hydroxylation is 1. The zero-order valence-electron chi connectivity index (χ0n) is 15.8. The fourth-order valence-corrected chi connectivity index (χ4v) is 3.27. The molecule has 0 aliphatic carbocycles. The minimum Gasteiger partial charge on any atom is -0.378 e. The van der Waals surface area contributed by atoms with Crippen LogP contribution in [0.25, 0.3) is 21.8 Å². The van der Waals surface area contributed by atoms with Gasteiger partial charge >= 0.3 is 0 Å². The fourth-order valence-electron chi connectivity index (χ4n) is 3.27. The van der Waals surface area contributed by atoms with Crippen LogP contribution in [0.5, 0.6) is 0 Å². The number of benzene rings is 2. The van der Waals surface area contributed by atoms with E-state index in [0.717, 1.165) is 52.6 Å². The summed E-state index contributed by atoms with van der Waals surface area (Å²) in [5.41, 5.74) is 4.26. The van der Waals surface area contributed by atoms with Crippen molar-refractivity contribution in [1.29, 1.82) is 0 Å². The molecule has 1 aromatic heterocycles. The molecule has 0 radical (unpaired) electrons. The molecule has 0 unspecified atom stereocenters. The maximum Gasteiger partial charge on any atom is 0.197 e. The number of nitrogens with zero attached hydrogens (tertiary/aromatic N) is 3. The zero-order valence-corrected chi connectivity index (χ0v) is 15.8. The molecule has 4 nitrogen and oxygen atoms in total. The van der Waals surface area contributed by atoms with Crippen molar-refractivity contribution in [2.24, 2.45) is 0 Å². The standard InChI is InChI=1S/C21H27N3O/c1-6-7-12-24-19-10-8-15(22(2)3)13-17(19)21(25)18-14-16(23(4)5)9-11-20(18)24/h8-11,13-14H,6-7,12H2,1-5H3. The Morgan fingerprint density at radius 3 is 1.72 bits per heavy atom. The molecule has 1 heterocycles. The minimum atomic E-state index is 0.116. The van der Waals surface area contributed by atoms with Crippen molar-refractivity contribution in [2.45, 2.75) is 26.3 Å². The molecule has 0 aliphatic rings. The number of fused-ring (bicyclic) bond motifs is 2. The van der Waals surface area contributed by atoms with E-state index in [1.165, 1.54) is 0 Å². The summed E-state index contributed by atoms with van der Waals surface area (Å²) in [4.78, 5) is 17.3. The van der Waals surface area contributed by atoms with Gasteiger partial charge in [-0.25, -0.2) is 0 Å². The average Bonchev–Trinajstić information content (AvgIpc) is 2.60. The predicted octanol–water partition coefficient (Wildman–Crippen LogP) is 4.09. The van der Waals surface area contributed by atoms with Gasteiger partial charge in [-0.3, -0.25) is 4.79 Å². The van der Waals surface area contributed by atoms with Crippen molar-refractivity contribution in [1.82, 2.24) is 4.57 Å². The van der Waals surface area contributed by atoms with E-state index in [1.54, 1.807) is 0 Å². The number of hydrogen-bond donors (Lipinski definition) is 0. The summed E-state index contributed by atoms with van der Waals surface area (Å²) in [6, 6.07) is 12.4. The summed E-state index contributed by atoms with van der Waals surface area (Å²) in [6.07, 6.45) is 2.22. The maximum absolute atomic E-state index is 13.2. The number of pyridine rings is 1. The second-order valence-electron chi connectivity index (χ2n) is 7.03. The Morgan fingerprint density at radius 2 is 1.32 bits per heavy atom. The highest BCUT2D eigenvalue weighted by Crippen LogP contribution is 2.26. The SMILES string of the molecule is CCCCn1c2ccc(N(C)C)cc2c(=O)c2cc(N(C)C)ccc21. The first-order valence-corrected chi connectivity index (χ1v) is 8.89. The van der Waals surface area contributed by atoms with Gasteiger partial charge in [0.2, 0.25) is 0 Å². The average molecular weight is 337 g/mol. The minimum absolute atomic E-state index is 0.116. The molecule has 0 saturated heterocycles. The van der Waals surface area contributed by atoms with Crippen LogP contribution in [0.15, 0.2) is 41.2 Å². The van der Waals surface area contributed by atoms with Crippen molar-refractivity contribution in [3.05, 3.63) is 46.6 Å². The van der Waals surface area contributed by atoms with E-state index in [1.807, 2.05) is 50.1 Å². The molecule has 0 fully saturated rings. The van der Waals surface area contributed by atoms with Gasteiger partial charge in [-0.2, -0.15) is 0 Å². The highest BCUT2D eigenvalue weighted by Gasteiger charge is 2.13. The topological polar surface area (TPSA) is 28.5 Å². The monoisotopic (exact) mass is 337 g/mol. The van der Waals surface area contributed by atoms with E-state index in [9.17, 15) is 4.79 Å². The van der Waals surface area contributed by atoms with Crippen molar-refractivity contribution in [2.75, 3.05) is 38.0 Å².